The number of hydrogen-bond acceptors (Lipinski definition) is 3. The van der Waals surface area contributed by atoms with Crippen LogP contribution in [0.1, 0.15) is 192 Å². The van der Waals surface area contributed by atoms with Crippen LogP contribution in [0.5, 0.6) is 0 Å². The third-order valence-electron chi connectivity index (χ3n) is 9.94. The molecule has 0 aliphatic rings. The quantitative estimate of drug-likeness (QED) is 0.0248. The van der Waals surface area contributed by atoms with Gasteiger partial charge < -0.3 is 4.74 Å². The predicted octanol–water partition coefficient (Wildman–Crippen LogP) is 15.5. The van der Waals surface area contributed by atoms with Crippen molar-refractivity contribution in [3.63, 3.8) is 0 Å². The molecule has 2 rings (SSSR count). The molecule has 0 spiro atoms. The second kappa shape index (κ2) is 33.1. The SMILES string of the molecule is CCCCCCCCCCCCCCC=CC(=Cc1ccccc1)C(=O)OC(=O)C(C=CCCCCCCCCCCCCCC)=Cc1ccccc1. The minimum absolute atomic E-state index is 0.378. The van der Waals surface area contributed by atoms with Crippen LogP contribution < -0.4 is 0 Å². The first-order valence-corrected chi connectivity index (χ1v) is 21.8. The van der Waals surface area contributed by atoms with E-state index in [1.165, 1.54) is 141 Å². The molecule has 0 aromatic heterocycles. The summed E-state index contributed by atoms with van der Waals surface area (Å²) in [4.78, 5) is 26.9. The molecule has 53 heavy (non-hydrogen) atoms. The van der Waals surface area contributed by atoms with Gasteiger partial charge >= 0.3 is 11.9 Å². The van der Waals surface area contributed by atoms with Crippen LogP contribution in [0.4, 0.5) is 0 Å². The van der Waals surface area contributed by atoms with Crippen molar-refractivity contribution in [1.82, 2.24) is 0 Å². The first-order chi connectivity index (χ1) is 26.1. The van der Waals surface area contributed by atoms with Crippen LogP contribution in [0, 0.1) is 0 Å². The zero-order valence-corrected chi connectivity index (χ0v) is 33.8. The largest absolute Gasteiger partial charge is 0.386 e. The highest BCUT2D eigenvalue weighted by Gasteiger charge is 2.17. The fourth-order valence-corrected chi connectivity index (χ4v) is 6.64. The third kappa shape index (κ3) is 25.2. The maximum atomic E-state index is 13.5. The van der Waals surface area contributed by atoms with E-state index in [1.54, 1.807) is 12.2 Å². The van der Waals surface area contributed by atoms with Gasteiger partial charge in [0.2, 0.25) is 0 Å². The maximum absolute atomic E-state index is 13.5. The summed E-state index contributed by atoms with van der Waals surface area (Å²) in [5.41, 5.74) is 2.54. The van der Waals surface area contributed by atoms with Crippen molar-refractivity contribution in [3.8, 4) is 0 Å². The van der Waals surface area contributed by atoms with Crippen molar-refractivity contribution >= 4 is 24.1 Å². The summed E-state index contributed by atoms with van der Waals surface area (Å²) in [5, 5.41) is 0. The average Bonchev–Trinajstić information content (AvgIpc) is 3.18. The Morgan fingerprint density at radius 3 is 1.00 bits per heavy atom. The summed E-state index contributed by atoms with van der Waals surface area (Å²) in [6.07, 6.45) is 44.7. The standard InChI is InChI=1S/C50H74O3/c1-3-5-7-9-11-13-15-17-19-21-23-25-27-35-41-47(43-45-37-31-29-32-38-45)49(51)53-50(52)48(44-46-39-33-30-34-40-46)42-36-28-26-24-22-20-18-16-14-12-10-8-6-4-2/h29-44H,3-28H2,1-2H3. The molecule has 0 aliphatic carbocycles. The number of unbranched alkanes of at least 4 members (excludes halogenated alkanes) is 24. The molecular weight excluding hydrogens is 649 g/mol. The van der Waals surface area contributed by atoms with Crippen molar-refractivity contribution in [2.24, 2.45) is 0 Å². The molecule has 0 fully saturated rings. The molecule has 292 valence electrons. The molecule has 3 heteroatoms. The molecule has 0 bridgehead atoms. The average molecular weight is 723 g/mol. The van der Waals surface area contributed by atoms with Gasteiger partial charge in [-0.15, -0.1) is 0 Å². The topological polar surface area (TPSA) is 43.4 Å². The Balaban J connectivity index is 1.86. The first-order valence-electron chi connectivity index (χ1n) is 21.8. The van der Waals surface area contributed by atoms with Gasteiger partial charge in [0.25, 0.3) is 0 Å². The molecule has 0 amide bonds. The molecular formula is C50H74O3. The van der Waals surface area contributed by atoms with E-state index in [9.17, 15) is 9.59 Å². The van der Waals surface area contributed by atoms with E-state index in [4.69, 9.17) is 4.74 Å². The number of ether oxygens (including phenoxy) is 1. The number of carbonyl (C=O) groups is 2. The van der Waals surface area contributed by atoms with Gasteiger partial charge in [-0.3, -0.25) is 0 Å². The van der Waals surface area contributed by atoms with E-state index < -0.39 is 11.9 Å². The molecule has 3 nitrogen and oxygen atoms in total. The molecule has 0 unspecified atom stereocenters. The Labute approximate surface area is 325 Å². The van der Waals surface area contributed by atoms with Crippen molar-refractivity contribution in [2.45, 2.75) is 181 Å². The molecule has 2 aromatic rings. The van der Waals surface area contributed by atoms with Crippen LogP contribution >= 0.6 is 0 Å². The lowest BCUT2D eigenvalue weighted by Crippen LogP contribution is -2.15. The summed E-state index contributed by atoms with van der Waals surface area (Å²) >= 11 is 0. The van der Waals surface area contributed by atoms with Gasteiger partial charge in [0.1, 0.15) is 0 Å². The number of allylic oxidation sites excluding steroid dienone is 2. The molecule has 0 aliphatic heterocycles. The lowest BCUT2D eigenvalue weighted by molar-refractivity contribution is -0.153. The number of esters is 2. The monoisotopic (exact) mass is 723 g/mol. The Morgan fingerprint density at radius 1 is 0.415 bits per heavy atom. The second-order valence-corrected chi connectivity index (χ2v) is 14.9. The van der Waals surface area contributed by atoms with Gasteiger partial charge in [0.15, 0.2) is 0 Å². The van der Waals surface area contributed by atoms with Crippen LogP contribution in [-0.4, -0.2) is 11.9 Å². The normalized spacial score (nSPS) is 12.3. The Bertz CT molecular complexity index is 1200. The molecule has 0 radical (unpaired) electrons. The highest BCUT2D eigenvalue weighted by atomic mass is 16.6. The number of benzene rings is 2. The predicted molar refractivity (Wildman–Crippen MR) is 230 cm³/mol. The van der Waals surface area contributed by atoms with Gasteiger partial charge in [-0.1, -0.05) is 240 Å². The zero-order chi connectivity index (χ0) is 37.9. The molecule has 2 aromatic carbocycles. The number of carbonyl (C=O) groups excluding carboxylic acids is 2. The maximum Gasteiger partial charge on any atom is 0.346 e. The first kappa shape index (κ1) is 45.7. The van der Waals surface area contributed by atoms with E-state index in [0.29, 0.717) is 11.1 Å². The zero-order valence-electron chi connectivity index (χ0n) is 33.8. The Kier molecular flexibility index (Phi) is 28.6. The van der Waals surface area contributed by atoms with Crippen molar-refractivity contribution in [3.05, 3.63) is 107 Å². The van der Waals surface area contributed by atoms with Gasteiger partial charge in [-0.25, -0.2) is 9.59 Å². The molecule has 0 saturated heterocycles. The molecule has 0 saturated carbocycles. The van der Waals surface area contributed by atoms with Crippen LogP contribution in [-0.2, 0) is 14.3 Å². The van der Waals surface area contributed by atoms with Gasteiger partial charge in [-0.2, -0.15) is 0 Å². The molecule has 0 heterocycles. The minimum Gasteiger partial charge on any atom is -0.386 e. The highest BCUT2D eigenvalue weighted by Crippen LogP contribution is 2.18. The summed E-state index contributed by atoms with van der Waals surface area (Å²) in [6.45, 7) is 4.54. The lowest BCUT2D eigenvalue weighted by atomic mass is 10.0. The van der Waals surface area contributed by atoms with E-state index in [1.807, 2.05) is 85.0 Å². The van der Waals surface area contributed by atoms with E-state index in [2.05, 4.69) is 13.8 Å². The fraction of sp³-hybridized carbons (Fsp3) is 0.560. The van der Waals surface area contributed by atoms with Crippen molar-refractivity contribution in [1.29, 1.82) is 0 Å². The van der Waals surface area contributed by atoms with Crippen molar-refractivity contribution < 1.29 is 14.3 Å². The van der Waals surface area contributed by atoms with E-state index in [-0.39, 0.29) is 0 Å². The van der Waals surface area contributed by atoms with E-state index in [0.717, 1.165) is 36.8 Å². The van der Waals surface area contributed by atoms with Crippen LogP contribution in [0.3, 0.4) is 0 Å². The van der Waals surface area contributed by atoms with Gasteiger partial charge in [0.05, 0.1) is 11.1 Å². The Hall–Kier alpha value is -3.46. The summed E-state index contributed by atoms with van der Waals surface area (Å²) in [6, 6.07) is 19.5. The Morgan fingerprint density at radius 2 is 0.698 bits per heavy atom. The van der Waals surface area contributed by atoms with Gasteiger partial charge in [-0.05, 0) is 49.0 Å². The molecule has 0 N–H and O–H groups in total. The van der Waals surface area contributed by atoms with Crippen LogP contribution in [0.2, 0.25) is 0 Å². The molecule has 0 atom stereocenters. The smallest absolute Gasteiger partial charge is 0.346 e. The summed E-state index contributed by atoms with van der Waals surface area (Å²) in [5.74, 6) is -1.25. The van der Waals surface area contributed by atoms with Gasteiger partial charge in [0, 0.05) is 0 Å². The number of hydrogen-bond donors (Lipinski definition) is 0. The van der Waals surface area contributed by atoms with Crippen molar-refractivity contribution in [2.75, 3.05) is 0 Å². The summed E-state index contributed by atoms with van der Waals surface area (Å²) < 4.78 is 5.54. The third-order valence-corrected chi connectivity index (χ3v) is 9.94. The highest BCUT2D eigenvalue weighted by molar-refractivity contribution is 6.08. The van der Waals surface area contributed by atoms with Crippen LogP contribution in [0.15, 0.2) is 96.1 Å². The fourth-order valence-electron chi connectivity index (χ4n) is 6.64. The van der Waals surface area contributed by atoms with Crippen LogP contribution in [0.25, 0.3) is 12.2 Å². The van der Waals surface area contributed by atoms with E-state index >= 15 is 0 Å². The minimum atomic E-state index is -0.627. The summed E-state index contributed by atoms with van der Waals surface area (Å²) in [7, 11) is 0. The second-order valence-electron chi connectivity index (χ2n) is 14.9. The number of rotatable bonds is 32. The lowest BCUT2D eigenvalue weighted by Gasteiger charge is -2.06.